The maximum Gasteiger partial charge on any atom is 0.238 e. The van der Waals surface area contributed by atoms with Gasteiger partial charge in [-0.2, -0.15) is 0 Å². The number of benzene rings is 3. The summed E-state index contributed by atoms with van der Waals surface area (Å²) >= 11 is 3.54. The van der Waals surface area contributed by atoms with Crippen LogP contribution in [0.15, 0.2) is 101 Å². The van der Waals surface area contributed by atoms with Crippen molar-refractivity contribution in [2.45, 2.75) is 6.92 Å². The molecule has 3 aromatic carbocycles. The number of halogens is 1. The van der Waals surface area contributed by atoms with Crippen molar-refractivity contribution in [3.8, 4) is 0 Å². The van der Waals surface area contributed by atoms with Crippen LogP contribution in [0.5, 0.6) is 0 Å². The molecule has 0 radical (unpaired) electrons. The molecule has 0 spiro atoms. The maximum absolute atomic E-state index is 13.7. The molecule has 0 unspecified atom stereocenters. The quantitative estimate of drug-likeness (QED) is 0.321. The fraction of sp³-hybridized carbons (Fsp3) is 0.172. The molecule has 4 heteroatoms. The Morgan fingerprint density at radius 2 is 1.27 bits per heavy atom. The summed E-state index contributed by atoms with van der Waals surface area (Å²) < 4.78 is 0.898. The minimum absolute atomic E-state index is 0.0641. The van der Waals surface area contributed by atoms with E-state index >= 15 is 0 Å². The van der Waals surface area contributed by atoms with Crippen LogP contribution in [0.2, 0.25) is 0 Å². The molecule has 1 saturated carbocycles. The van der Waals surface area contributed by atoms with Gasteiger partial charge < -0.3 is 0 Å². The SMILES string of the molecule is Cc1ccc(N2C(=O)[C@@H]3[C@H](C2=O)[C@H]2C=C[C@H]3C2=C(c2ccccc2)c2ccccc2)cc1Br. The van der Waals surface area contributed by atoms with E-state index in [1.54, 1.807) is 0 Å². The van der Waals surface area contributed by atoms with Crippen molar-refractivity contribution >= 4 is 39.0 Å². The van der Waals surface area contributed by atoms with Crippen LogP contribution in [0, 0.1) is 30.6 Å². The highest BCUT2D eigenvalue weighted by Gasteiger charge is 2.62. The van der Waals surface area contributed by atoms with E-state index in [0.29, 0.717) is 5.69 Å². The van der Waals surface area contributed by atoms with Crippen LogP contribution in [0.4, 0.5) is 5.69 Å². The lowest BCUT2D eigenvalue weighted by molar-refractivity contribution is -0.122. The molecular formula is C29H22BrNO2. The first-order chi connectivity index (χ1) is 16.1. The van der Waals surface area contributed by atoms with Gasteiger partial charge >= 0.3 is 0 Å². The second-order valence-corrected chi connectivity index (χ2v) is 9.85. The van der Waals surface area contributed by atoms with Crippen molar-refractivity contribution in [3.05, 3.63) is 118 Å². The number of hydrogen-bond acceptors (Lipinski definition) is 2. The molecule has 2 amide bonds. The summed E-state index contributed by atoms with van der Waals surface area (Å²) in [6.07, 6.45) is 4.29. The van der Waals surface area contributed by atoms with Crippen molar-refractivity contribution < 1.29 is 9.59 Å². The lowest BCUT2D eigenvalue weighted by Crippen LogP contribution is -2.33. The number of amides is 2. The van der Waals surface area contributed by atoms with Crippen molar-refractivity contribution in [1.82, 2.24) is 0 Å². The Morgan fingerprint density at radius 3 is 1.76 bits per heavy atom. The third-order valence-electron chi connectivity index (χ3n) is 7.24. The number of anilines is 1. The average Bonchev–Trinajstić information content (AvgIpc) is 3.47. The smallest absolute Gasteiger partial charge is 0.238 e. The number of carbonyl (C=O) groups is 2. The van der Waals surface area contributed by atoms with Gasteiger partial charge in [0.15, 0.2) is 0 Å². The summed E-state index contributed by atoms with van der Waals surface area (Å²) in [6, 6.07) is 26.3. The van der Waals surface area contributed by atoms with Gasteiger partial charge in [-0.15, -0.1) is 0 Å². The number of carbonyl (C=O) groups excluding carboxylic acids is 2. The molecule has 2 aliphatic carbocycles. The van der Waals surface area contributed by atoms with E-state index in [9.17, 15) is 9.59 Å². The molecule has 2 fully saturated rings. The predicted molar refractivity (Wildman–Crippen MR) is 133 cm³/mol. The molecule has 3 aliphatic rings. The van der Waals surface area contributed by atoms with Crippen LogP contribution in [0.1, 0.15) is 16.7 Å². The monoisotopic (exact) mass is 495 g/mol. The zero-order valence-corrected chi connectivity index (χ0v) is 19.7. The van der Waals surface area contributed by atoms with Crippen LogP contribution >= 0.6 is 15.9 Å². The Balaban J connectivity index is 1.48. The zero-order valence-electron chi connectivity index (χ0n) is 18.1. The molecule has 3 aromatic rings. The van der Waals surface area contributed by atoms with Crippen LogP contribution in [0.3, 0.4) is 0 Å². The lowest BCUT2D eigenvalue weighted by atomic mass is 9.85. The maximum atomic E-state index is 13.7. The van der Waals surface area contributed by atoms with Gasteiger partial charge in [0.05, 0.1) is 17.5 Å². The standard InChI is InChI=1S/C29H22BrNO2/c1-17-12-13-20(16-23(17)30)31-28(32)26-21-14-15-22(27(26)29(31)33)25(21)24(18-8-4-2-5-9-18)19-10-6-3-7-11-19/h2-16,21-22,26-27H,1H3/t21-,22-,26-,27+/m0/s1. The summed E-state index contributed by atoms with van der Waals surface area (Å²) in [6.45, 7) is 1.99. The number of nitrogens with zero attached hydrogens (tertiary/aromatic N) is 1. The van der Waals surface area contributed by atoms with E-state index < -0.39 is 0 Å². The molecular weight excluding hydrogens is 474 g/mol. The first-order valence-corrected chi connectivity index (χ1v) is 12.0. The summed E-state index contributed by atoms with van der Waals surface area (Å²) in [4.78, 5) is 28.7. The topological polar surface area (TPSA) is 37.4 Å². The largest absolute Gasteiger partial charge is 0.274 e. The van der Waals surface area contributed by atoms with Crippen molar-refractivity contribution in [2.24, 2.45) is 23.7 Å². The van der Waals surface area contributed by atoms with Crippen LogP contribution in [0.25, 0.3) is 5.57 Å². The highest BCUT2D eigenvalue weighted by Crippen LogP contribution is 2.58. The van der Waals surface area contributed by atoms with E-state index in [4.69, 9.17) is 0 Å². The Bertz CT molecular complexity index is 1270. The van der Waals surface area contributed by atoms with Crippen molar-refractivity contribution in [3.63, 3.8) is 0 Å². The third kappa shape index (κ3) is 3.01. The number of imide groups is 1. The molecule has 162 valence electrons. The van der Waals surface area contributed by atoms with Gasteiger partial charge in [-0.25, -0.2) is 4.90 Å². The number of hydrogen-bond donors (Lipinski definition) is 0. The molecule has 3 nitrogen and oxygen atoms in total. The van der Waals surface area contributed by atoms with E-state index in [2.05, 4.69) is 52.3 Å². The van der Waals surface area contributed by atoms with Gasteiger partial charge in [0.25, 0.3) is 0 Å². The van der Waals surface area contributed by atoms with Crippen LogP contribution < -0.4 is 4.90 Å². The third-order valence-corrected chi connectivity index (χ3v) is 8.10. The Labute approximate surface area is 201 Å². The normalized spacial score (nSPS) is 25.2. The highest BCUT2D eigenvalue weighted by atomic mass is 79.9. The molecule has 0 N–H and O–H groups in total. The molecule has 1 saturated heterocycles. The van der Waals surface area contributed by atoms with E-state index in [1.165, 1.54) is 10.5 Å². The second-order valence-electron chi connectivity index (χ2n) is 9.00. The van der Waals surface area contributed by atoms with E-state index in [1.807, 2.05) is 61.5 Å². The number of rotatable bonds is 3. The van der Waals surface area contributed by atoms with E-state index in [0.717, 1.165) is 26.7 Å². The van der Waals surface area contributed by atoms with Crippen molar-refractivity contribution in [2.75, 3.05) is 4.90 Å². The number of fused-ring (bicyclic) bond motifs is 5. The molecule has 6 rings (SSSR count). The second kappa shape index (κ2) is 7.67. The Hall–Kier alpha value is -3.24. The van der Waals surface area contributed by atoms with Gasteiger partial charge in [-0.3, -0.25) is 9.59 Å². The Morgan fingerprint density at radius 1 is 0.758 bits per heavy atom. The zero-order chi connectivity index (χ0) is 22.7. The highest BCUT2D eigenvalue weighted by molar-refractivity contribution is 9.10. The molecule has 33 heavy (non-hydrogen) atoms. The van der Waals surface area contributed by atoms with Gasteiger partial charge in [0, 0.05) is 16.3 Å². The fourth-order valence-corrected chi connectivity index (χ4v) is 6.15. The number of aryl methyl sites for hydroxylation is 1. The first-order valence-electron chi connectivity index (χ1n) is 11.2. The average molecular weight is 496 g/mol. The van der Waals surface area contributed by atoms with Gasteiger partial charge in [-0.1, -0.05) is 94.8 Å². The summed E-state index contributed by atoms with van der Waals surface area (Å²) in [5.74, 6) is -0.988. The van der Waals surface area contributed by atoms with Gasteiger partial charge in [-0.05, 0) is 46.9 Å². The Kier molecular flexibility index (Phi) is 4.73. The summed E-state index contributed by atoms with van der Waals surface area (Å²) in [7, 11) is 0. The minimum Gasteiger partial charge on any atom is -0.274 e. The number of allylic oxidation sites excluding steroid dienone is 3. The molecule has 4 atom stereocenters. The molecule has 0 aromatic heterocycles. The lowest BCUT2D eigenvalue weighted by Gasteiger charge is -2.22. The summed E-state index contributed by atoms with van der Waals surface area (Å²) in [5, 5.41) is 0. The summed E-state index contributed by atoms with van der Waals surface area (Å²) in [5.41, 5.74) is 6.31. The van der Waals surface area contributed by atoms with Gasteiger partial charge in [0.2, 0.25) is 11.8 Å². The van der Waals surface area contributed by atoms with Crippen LogP contribution in [-0.2, 0) is 9.59 Å². The van der Waals surface area contributed by atoms with Gasteiger partial charge in [0.1, 0.15) is 0 Å². The minimum atomic E-state index is -0.343. The van der Waals surface area contributed by atoms with E-state index in [-0.39, 0.29) is 35.5 Å². The molecule has 1 aliphatic heterocycles. The molecule has 2 bridgehead atoms. The first kappa shape index (κ1) is 20.4. The predicted octanol–water partition coefficient (Wildman–Crippen LogP) is 6.18. The molecule has 1 heterocycles. The van der Waals surface area contributed by atoms with Crippen molar-refractivity contribution in [1.29, 1.82) is 0 Å². The fourth-order valence-electron chi connectivity index (χ4n) is 5.78. The van der Waals surface area contributed by atoms with Crippen LogP contribution in [-0.4, -0.2) is 11.8 Å².